The molecule has 0 saturated carbocycles. The molecule has 1 aliphatic rings. The van der Waals surface area contributed by atoms with Gasteiger partial charge in [-0.1, -0.05) is 43.7 Å². The monoisotopic (exact) mass is 290 g/mol. The zero-order valence-electron chi connectivity index (χ0n) is 13.7. The van der Waals surface area contributed by atoms with E-state index in [1.165, 1.54) is 17.5 Å². The lowest BCUT2D eigenvalue weighted by Crippen LogP contribution is -2.37. The summed E-state index contributed by atoms with van der Waals surface area (Å²) in [7, 11) is 0. The molecule has 0 radical (unpaired) electrons. The van der Waals surface area contributed by atoms with Crippen LogP contribution in [0.15, 0.2) is 24.3 Å². The summed E-state index contributed by atoms with van der Waals surface area (Å²) in [5.41, 5.74) is 2.70. The Hall–Kier alpha value is -0.900. The summed E-state index contributed by atoms with van der Waals surface area (Å²) in [6.07, 6.45) is 2.31. The molecule has 3 heteroatoms. The molecule has 1 aromatic rings. The normalized spacial score (nSPS) is 24.4. The Morgan fingerprint density at radius 2 is 2.24 bits per heavy atom. The Kier molecular flexibility index (Phi) is 6.22. The van der Waals surface area contributed by atoms with Gasteiger partial charge in [0.1, 0.15) is 0 Å². The van der Waals surface area contributed by atoms with Crippen LogP contribution >= 0.6 is 0 Å². The third-order valence-corrected chi connectivity index (χ3v) is 4.78. The second-order valence-corrected chi connectivity index (χ2v) is 6.36. The predicted octanol–water partition coefficient (Wildman–Crippen LogP) is 2.74. The minimum absolute atomic E-state index is 0.289. The van der Waals surface area contributed by atoms with E-state index in [-0.39, 0.29) is 6.61 Å². The van der Waals surface area contributed by atoms with Gasteiger partial charge in [0.25, 0.3) is 0 Å². The number of benzene rings is 1. The summed E-state index contributed by atoms with van der Waals surface area (Å²) in [6, 6.07) is 9.55. The summed E-state index contributed by atoms with van der Waals surface area (Å²) >= 11 is 0. The molecule has 2 rings (SSSR count). The lowest BCUT2D eigenvalue weighted by molar-refractivity contribution is 0.135. The van der Waals surface area contributed by atoms with Crippen LogP contribution in [0.2, 0.25) is 0 Å². The Balaban J connectivity index is 1.97. The van der Waals surface area contributed by atoms with Gasteiger partial charge < -0.3 is 10.4 Å². The summed E-state index contributed by atoms with van der Waals surface area (Å²) in [5, 5.41) is 13.2. The van der Waals surface area contributed by atoms with Gasteiger partial charge in [-0.2, -0.15) is 0 Å². The molecule has 0 aromatic heterocycles. The first kappa shape index (κ1) is 16.5. The number of hydrogen-bond donors (Lipinski definition) is 2. The SMILES string of the molecule is CCNC(CCN1CCC(C)C1CO)c1cccc(C)c1. The Morgan fingerprint density at radius 1 is 1.43 bits per heavy atom. The maximum atomic E-state index is 9.57. The fraction of sp³-hybridized carbons (Fsp3) is 0.667. The maximum Gasteiger partial charge on any atom is 0.0589 e. The molecular weight excluding hydrogens is 260 g/mol. The van der Waals surface area contributed by atoms with E-state index in [0.29, 0.717) is 18.0 Å². The highest BCUT2D eigenvalue weighted by Gasteiger charge is 2.30. The van der Waals surface area contributed by atoms with Gasteiger partial charge in [-0.25, -0.2) is 0 Å². The van der Waals surface area contributed by atoms with E-state index in [4.69, 9.17) is 0 Å². The van der Waals surface area contributed by atoms with Gasteiger partial charge in [0, 0.05) is 18.6 Å². The first-order valence-electron chi connectivity index (χ1n) is 8.30. The van der Waals surface area contributed by atoms with Crippen molar-refractivity contribution in [3.05, 3.63) is 35.4 Å². The molecule has 21 heavy (non-hydrogen) atoms. The van der Waals surface area contributed by atoms with E-state index in [2.05, 4.69) is 55.3 Å². The first-order chi connectivity index (χ1) is 10.2. The van der Waals surface area contributed by atoms with E-state index in [9.17, 15) is 5.11 Å². The molecule has 1 saturated heterocycles. The average molecular weight is 290 g/mol. The molecule has 0 amide bonds. The number of likely N-dealkylation sites (tertiary alicyclic amines) is 1. The third kappa shape index (κ3) is 4.29. The molecule has 3 atom stereocenters. The van der Waals surface area contributed by atoms with Crippen LogP contribution in [0.4, 0.5) is 0 Å². The van der Waals surface area contributed by atoms with Gasteiger partial charge in [-0.15, -0.1) is 0 Å². The van der Waals surface area contributed by atoms with Crippen LogP contribution in [0, 0.1) is 12.8 Å². The number of hydrogen-bond acceptors (Lipinski definition) is 3. The van der Waals surface area contributed by atoms with Crippen LogP contribution in [0.3, 0.4) is 0 Å². The van der Waals surface area contributed by atoms with Crippen molar-refractivity contribution in [2.45, 2.75) is 45.7 Å². The van der Waals surface area contributed by atoms with Gasteiger partial charge in [-0.3, -0.25) is 4.90 Å². The molecule has 0 spiro atoms. The van der Waals surface area contributed by atoms with Gasteiger partial charge in [0.05, 0.1) is 6.61 Å². The van der Waals surface area contributed by atoms with Gasteiger partial charge in [-0.05, 0) is 44.3 Å². The topological polar surface area (TPSA) is 35.5 Å². The summed E-state index contributed by atoms with van der Waals surface area (Å²) in [4.78, 5) is 2.46. The van der Waals surface area contributed by atoms with Gasteiger partial charge >= 0.3 is 0 Å². The summed E-state index contributed by atoms with van der Waals surface area (Å²) < 4.78 is 0. The van der Waals surface area contributed by atoms with Crippen molar-refractivity contribution < 1.29 is 5.11 Å². The predicted molar refractivity (Wildman–Crippen MR) is 88.4 cm³/mol. The molecule has 1 aromatic carbocycles. The first-order valence-corrected chi connectivity index (χ1v) is 8.30. The maximum absolute atomic E-state index is 9.57. The molecule has 1 fully saturated rings. The molecule has 2 N–H and O–H groups in total. The van der Waals surface area contributed by atoms with E-state index in [0.717, 1.165) is 26.1 Å². The van der Waals surface area contributed by atoms with Crippen molar-refractivity contribution in [2.75, 3.05) is 26.2 Å². The standard InChI is InChI=1S/C18H30N2O/c1-4-19-17(16-7-5-6-14(2)12-16)9-11-20-10-8-15(3)18(20)13-21/h5-7,12,15,17-19,21H,4,8-11,13H2,1-3H3. The number of aliphatic hydroxyl groups is 1. The smallest absolute Gasteiger partial charge is 0.0589 e. The molecule has 3 nitrogen and oxygen atoms in total. The minimum atomic E-state index is 0.289. The third-order valence-electron chi connectivity index (χ3n) is 4.78. The van der Waals surface area contributed by atoms with Crippen LogP contribution in [0.25, 0.3) is 0 Å². The van der Waals surface area contributed by atoms with Crippen LogP contribution < -0.4 is 5.32 Å². The van der Waals surface area contributed by atoms with Crippen molar-refractivity contribution >= 4 is 0 Å². The molecule has 1 heterocycles. The van der Waals surface area contributed by atoms with Crippen LogP contribution in [0.1, 0.15) is 43.9 Å². The van der Waals surface area contributed by atoms with Crippen molar-refractivity contribution in [2.24, 2.45) is 5.92 Å². The molecule has 0 bridgehead atoms. The van der Waals surface area contributed by atoms with Crippen LogP contribution in [-0.4, -0.2) is 42.3 Å². The molecule has 1 aliphatic heterocycles. The number of aliphatic hydroxyl groups excluding tert-OH is 1. The van der Waals surface area contributed by atoms with Gasteiger partial charge in [0.15, 0.2) is 0 Å². The highest BCUT2D eigenvalue weighted by atomic mass is 16.3. The largest absolute Gasteiger partial charge is 0.395 e. The summed E-state index contributed by atoms with van der Waals surface area (Å²) in [5.74, 6) is 0.617. The van der Waals surface area contributed by atoms with Gasteiger partial charge in [0.2, 0.25) is 0 Å². The fourth-order valence-electron chi connectivity index (χ4n) is 3.48. The minimum Gasteiger partial charge on any atom is -0.395 e. The Labute approximate surface area is 129 Å². The van der Waals surface area contributed by atoms with E-state index in [1.54, 1.807) is 0 Å². The zero-order valence-corrected chi connectivity index (χ0v) is 13.7. The second kappa shape index (κ2) is 7.92. The Morgan fingerprint density at radius 3 is 2.90 bits per heavy atom. The van der Waals surface area contributed by atoms with Crippen molar-refractivity contribution in [1.82, 2.24) is 10.2 Å². The van der Waals surface area contributed by atoms with Crippen LogP contribution in [0.5, 0.6) is 0 Å². The number of rotatable bonds is 7. The van der Waals surface area contributed by atoms with E-state index >= 15 is 0 Å². The lowest BCUT2D eigenvalue weighted by Gasteiger charge is -2.27. The average Bonchev–Trinajstić information content (AvgIpc) is 2.83. The fourth-order valence-corrected chi connectivity index (χ4v) is 3.48. The van der Waals surface area contributed by atoms with E-state index < -0.39 is 0 Å². The highest BCUT2D eigenvalue weighted by Crippen LogP contribution is 2.26. The number of nitrogens with one attached hydrogen (secondary N) is 1. The quantitative estimate of drug-likeness (QED) is 0.810. The van der Waals surface area contributed by atoms with E-state index in [1.807, 2.05) is 0 Å². The molecular formula is C18H30N2O. The highest BCUT2D eigenvalue weighted by molar-refractivity contribution is 5.25. The number of nitrogens with zero attached hydrogens (tertiary/aromatic N) is 1. The molecule has 0 aliphatic carbocycles. The lowest BCUT2D eigenvalue weighted by atomic mass is 10.0. The zero-order chi connectivity index (χ0) is 15.2. The molecule has 3 unspecified atom stereocenters. The van der Waals surface area contributed by atoms with Crippen molar-refractivity contribution in [3.8, 4) is 0 Å². The second-order valence-electron chi connectivity index (χ2n) is 6.36. The van der Waals surface area contributed by atoms with Crippen molar-refractivity contribution in [3.63, 3.8) is 0 Å². The van der Waals surface area contributed by atoms with Crippen LogP contribution in [-0.2, 0) is 0 Å². The summed E-state index contributed by atoms with van der Waals surface area (Å²) in [6.45, 7) is 10.0. The Bertz CT molecular complexity index is 435. The molecule has 118 valence electrons. The van der Waals surface area contributed by atoms with Crippen molar-refractivity contribution in [1.29, 1.82) is 0 Å². The number of aryl methyl sites for hydroxylation is 1.